The molecule has 1 atom stereocenters. The molecule has 0 aromatic heterocycles. The van der Waals surface area contributed by atoms with Gasteiger partial charge in [0.2, 0.25) is 0 Å². The molecular weight excluding hydrogens is 147 g/mol. The Balaban J connectivity index is 3.27. The normalized spacial score (nSPS) is 13.1. The van der Waals surface area contributed by atoms with E-state index in [2.05, 4.69) is 0 Å². The molecule has 1 unspecified atom stereocenters. The van der Waals surface area contributed by atoms with Gasteiger partial charge < -0.3 is 5.11 Å². The van der Waals surface area contributed by atoms with E-state index in [0.29, 0.717) is 12.3 Å². The van der Waals surface area contributed by atoms with Gasteiger partial charge in [0, 0.05) is 5.88 Å². The molecule has 0 spiro atoms. The first kappa shape index (κ1) is 8.69. The lowest BCUT2D eigenvalue weighted by molar-refractivity contribution is -0.143. The summed E-state index contributed by atoms with van der Waals surface area (Å²) >= 11 is 5.19. The van der Waals surface area contributed by atoms with E-state index in [-0.39, 0.29) is 6.42 Å². The Morgan fingerprint density at radius 2 is 2.33 bits per heavy atom. The third-order valence-corrected chi connectivity index (χ3v) is 1.13. The zero-order valence-electron chi connectivity index (χ0n) is 4.81. The molecule has 0 fully saturated rings. The van der Waals surface area contributed by atoms with Crippen molar-refractivity contribution in [1.82, 2.24) is 0 Å². The zero-order valence-corrected chi connectivity index (χ0v) is 5.57. The van der Waals surface area contributed by atoms with Gasteiger partial charge in [0.25, 0.3) is 0 Å². The van der Waals surface area contributed by atoms with Crippen LogP contribution in [0.2, 0.25) is 0 Å². The van der Waals surface area contributed by atoms with Crippen molar-refractivity contribution in [1.29, 1.82) is 0 Å². The molecule has 0 aromatic rings. The summed E-state index contributed by atoms with van der Waals surface area (Å²) in [7, 11) is 0. The predicted molar refractivity (Wildman–Crippen MR) is 32.5 cm³/mol. The Morgan fingerprint density at radius 3 is 2.67 bits per heavy atom. The number of carboxylic acids is 1. The van der Waals surface area contributed by atoms with Gasteiger partial charge in [-0.3, -0.25) is 0 Å². The van der Waals surface area contributed by atoms with Crippen molar-refractivity contribution >= 4 is 17.6 Å². The van der Waals surface area contributed by atoms with Gasteiger partial charge in [-0.05, 0) is 12.8 Å². The second kappa shape index (κ2) is 4.56. The third-order valence-electron chi connectivity index (χ3n) is 0.859. The van der Waals surface area contributed by atoms with Gasteiger partial charge in [0.05, 0.1) is 0 Å². The fraction of sp³-hybridized carbons (Fsp3) is 0.800. The molecule has 9 heavy (non-hydrogen) atoms. The molecular formula is C5H8ClFO2. The first-order chi connectivity index (χ1) is 4.18. The van der Waals surface area contributed by atoms with Crippen LogP contribution in [0.3, 0.4) is 0 Å². The first-order valence-electron chi connectivity index (χ1n) is 2.61. The minimum atomic E-state index is -1.75. The molecule has 0 saturated heterocycles. The molecule has 0 saturated carbocycles. The van der Waals surface area contributed by atoms with Crippen molar-refractivity contribution in [2.24, 2.45) is 0 Å². The lowest BCUT2D eigenvalue weighted by atomic mass is 10.2. The lowest BCUT2D eigenvalue weighted by Gasteiger charge is -1.97. The van der Waals surface area contributed by atoms with Gasteiger partial charge in [-0.2, -0.15) is 0 Å². The summed E-state index contributed by atoms with van der Waals surface area (Å²) < 4.78 is 12.1. The summed E-state index contributed by atoms with van der Waals surface area (Å²) in [6.07, 6.45) is -1.32. The van der Waals surface area contributed by atoms with Crippen LogP contribution < -0.4 is 0 Å². The molecule has 2 nitrogen and oxygen atoms in total. The summed E-state index contributed by atoms with van der Waals surface area (Å²) in [5.41, 5.74) is 0. The van der Waals surface area contributed by atoms with Gasteiger partial charge in [0.1, 0.15) is 0 Å². The summed E-state index contributed by atoms with van der Waals surface area (Å²) in [4.78, 5) is 9.79. The van der Waals surface area contributed by atoms with Crippen molar-refractivity contribution < 1.29 is 14.3 Å². The van der Waals surface area contributed by atoms with Crippen molar-refractivity contribution in [3.8, 4) is 0 Å². The van der Waals surface area contributed by atoms with Crippen LogP contribution in [0.4, 0.5) is 4.39 Å². The van der Waals surface area contributed by atoms with E-state index in [0.717, 1.165) is 0 Å². The number of rotatable bonds is 4. The van der Waals surface area contributed by atoms with Crippen molar-refractivity contribution in [3.63, 3.8) is 0 Å². The molecule has 0 heterocycles. The molecule has 0 aromatic carbocycles. The Labute approximate surface area is 57.6 Å². The summed E-state index contributed by atoms with van der Waals surface area (Å²) in [5, 5.41) is 7.99. The molecule has 54 valence electrons. The number of halogens is 2. The van der Waals surface area contributed by atoms with Gasteiger partial charge in [-0.1, -0.05) is 0 Å². The highest BCUT2D eigenvalue weighted by atomic mass is 35.5. The highest BCUT2D eigenvalue weighted by Gasteiger charge is 2.13. The molecule has 0 bridgehead atoms. The highest BCUT2D eigenvalue weighted by molar-refractivity contribution is 6.17. The summed E-state index contributed by atoms with van der Waals surface area (Å²) in [6, 6.07) is 0. The molecule has 0 amide bonds. The van der Waals surface area contributed by atoms with Gasteiger partial charge >= 0.3 is 5.97 Å². The average molecular weight is 155 g/mol. The average Bonchev–Trinajstić information content (AvgIpc) is 1.82. The molecule has 0 rings (SSSR count). The Morgan fingerprint density at radius 1 is 1.78 bits per heavy atom. The third kappa shape index (κ3) is 4.21. The molecule has 0 aliphatic carbocycles. The van der Waals surface area contributed by atoms with E-state index in [1.54, 1.807) is 0 Å². The molecule has 0 aliphatic heterocycles. The Kier molecular flexibility index (Phi) is 4.40. The van der Waals surface area contributed by atoms with E-state index in [1.807, 2.05) is 0 Å². The van der Waals surface area contributed by atoms with Gasteiger partial charge in [-0.15, -0.1) is 11.6 Å². The number of carboxylic acid groups (broad SMARTS) is 1. The minimum Gasteiger partial charge on any atom is -0.479 e. The van der Waals surface area contributed by atoms with Crippen molar-refractivity contribution in [3.05, 3.63) is 0 Å². The molecule has 0 radical (unpaired) electrons. The Bertz CT molecular complexity index is 97.0. The summed E-state index contributed by atoms with van der Waals surface area (Å²) in [5.74, 6) is -1.09. The lowest BCUT2D eigenvalue weighted by Crippen LogP contribution is -2.13. The largest absolute Gasteiger partial charge is 0.479 e. The number of aliphatic carboxylic acids is 1. The van der Waals surface area contributed by atoms with Crippen molar-refractivity contribution in [2.45, 2.75) is 19.0 Å². The second-order valence-corrected chi connectivity index (χ2v) is 2.01. The van der Waals surface area contributed by atoms with E-state index >= 15 is 0 Å². The molecule has 0 aliphatic rings. The van der Waals surface area contributed by atoms with Crippen LogP contribution >= 0.6 is 11.6 Å². The predicted octanol–water partition coefficient (Wildman–Crippen LogP) is 1.43. The molecule has 4 heteroatoms. The maximum Gasteiger partial charge on any atom is 0.338 e. The fourth-order valence-electron chi connectivity index (χ4n) is 0.380. The number of hydrogen-bond acceptors (Lipinski definition) is 1. The standard InChI is InChI=1S/C5H8ClFO2/c6-3-1-2-4(7)5(8)9/h4H,1-3H2,(H,8,9). The molecule has 1 N–H and O–H groups in total. The van der Waals surface area contributed by atoms with Gasteiger partial charge in [-0.25, -0.2) is 9.18 Å². The van der Waals surface area contributed by atoms with Crippen LogP contribution in [0.1, 0.15) is 12.8 Å². The maximum absolute atomic E-state index is 12.1. The van der Waals surface area contributed by atoms with E-state index in [9.17, 15) is 9.18 Å². The zero-order chi connectivity index (χ0) is 7.28. The maximum atomic E-state index is 12.1. The van der Waals surface area contributed by atoms with Crippen LogP contribution in [-0.2, 0) is 4.79 Å². The van der Waals surface area contributed by atoms with E-state index < -0.39 is 12.1 Å². The number of alkyl halides is 2. The quantitative estimate of drug-likeness (QED) is 0.622. The second-order valence-electron chi connectivity index (χ2n) is 1.64. The monoisotopic (exact) mass is 154 g/mol. The van der Waals surface area contributed by atoms with E-state index in [1.165, 1.54) is 0 Å². The SMILES string of the molecule is O=C(O)C(F)CCCCl. The summed E-state index contributed by atoms with van der Waals surface area (Å²) in [6.45, 7) is 0. The smallest absolute Gasteiger partial charge is 0.338 e. The highest BCUT2D eigenvalue weighted by Crippen LogP contribution is 2.02. The van der Waals surface area contributed by atoms with Crippen LogP contribution in [0.5, 0.6) is 0 Å². The van der Waals surface area contributed by atoms with Crippen LogP contribution in [0.25, 0.3) is 0 Å². The topological polar surface area (TPSA) is 37.3 Å². The Hall–Kier alpha value is -0.310. The van der Waals surface area contributed by atoms with Crippen LogP contribution in [0, 0.1) is 0 Å². The van der Waals surface area contributed by atoms with E-state index in [4.69, 9.17) is 16.7 Å². The van der Waals surface area contributed by atoms with Crippen molar-refractivity contribution in [2.75, 3.05) is 5.88 Å². The first-order valence-corrected chi connectivity index (χ1v) is 3.14. The number of carbonyl (C=O) groups is 1. The van der Waals surface area contributed by atoms with Crippen LogP contribution in [0.15, 0.2) is 0 Å². The minimum absolute atomic E-state index is 0.0127. The van der Waals surface area contributed by atoms with Gasteiger partial charge in [0.15, 0.2) is 6.17 Å². The van der Waals surface area contributed by atoms with Crippen LogP contribution in [-0.4, -0.2) is 23.1 Å². The fourth-order valence-corrected chi connectivity index (χ4v) is 0.534. The number of hydrogen-bond donors (Lipinski definition) is 1.